The van der Waals surface area contributed by atoms with Gasteiger partial charge in [0.1, 0.15) is 5.54 Å². The molecule has 3 rings (SSSR count). The van der Waals surface area contributed by atoms with Crippen LogP contribution in [0.3, 0.4) is 0 Å². The number of H-pyrrole nitrogens is 1. The molecule has 1 amide bonds. The Morgan fingerprint density at radius 1 is 1.33 bits per heavy atom. The summed E-state index contributed by atoms with van der Waals surface area (Å²) in [5.41, 5.74) is 0.795. The minimum absolute atomic E-state index is 0.180. The number of aromatic nitrogens is 3. The number of hydrogen-bond donors (Lipinski definition) is 2. The van der Waals surface area contributed by atoms with Crippen molar-refractivity contribution in [2.24, 2.45) is 0 Å². The standard InChI is InChI=1S/C15H16N4O2/c1-9-17-14(21-19-9)15(2,3)18-13(20)11-5-4-6-12-10(11)7-8-16-12/h4-8,16H,1-3H3,(H,18,20). The molecule has 0 bridgehead atoms. The number of rotatable bonds is 3. The average molecular weight is 284 g/mol. The average Bonchev–Trinajstić information content (AvgIpc) is 3.05. The Balaban J connectivity index is 1.91. The van der Waals surface area contributed by atoms with Gasteiger partial charge in [-0.25, -0.2) is 0 Å². The van der Waals surface area contributed by atoms with Gasteiger partial charge in [0, 0.05) is 22.7 Å². The molecule has 0 atom stereocenters. The van der Waals surface area contributed by atoms with Crippen molar-refractivity contribution in [3.05, 3.63) is 47.7 Å². The number of amides is 1. The molecular formula is C15H16N4O2. The van der Waals surface area contributed by atoms with Crippen molar-refractivity contribution in [2.75, 3.05) is 0 Å². The molecule has 6 heteroatoms. The molecule has 0 saturated carbocycles. The number of carbonyl (C=O) groups is 1. The number of hydrogen-bond acceptors (Lipinski definition) is 4. The third-order valence-corrected chi connectivity index (χ3v) is 3.33. The van der Waals surface area contributed by atoms with Crippen LogP contribution in [0.1, 0.15) is 35.9 Å². The summed E-state index contributed by atoms with van der Waals surface area (Å²) < 4.78 is 5.16. The molecule has 3 aromatic rings. The topological polar surface area (TPSA) is 83.8 Å². The van der Waals surface area contributed by atoms with Crippen molar-refractivity contribution in [1.29, 1.82) is 0 Å². The van der Waals surface area contributed by atoms with E-state index in [-0.39, 0.29) is 5.91 Å². The molecular weight excluding hydrogens is 268 g/mol. The number of aromatic amines is 1. The molecule has 6 nitrogen and oxygen atoms in total. The maximum atomic E-state index is 12.5. The zero-order chi connectivity index (χ0) is 15.0. The van der Waals surface area contributed by atoms with E-state index in [0.717, 1.165) is 10.9 Å². The molecule has 0 aliphatic rings. The smallest absolute Gasteiger partial charge is 0.252 e. The summed E-state index contributed by atoms with van der Waals surface area (Å²) >= 11 is 0. The second kappa shape index (κ2) is 4.73. The Kier molecular flexibility index (Phi) is 3.01. The molecule has 0 saturated heterocycles. The van der Waals surface area contributed by atoms with Crippen molar-refractivity contribution < 1.29 is 9.32 Å². The van der Waals surface area contributed by atoms with Gasteiger partial charge in [-0.1, -0.05) is 11.2 Å². The van der Waals surface area contributed by atoms with Crippen LogP contribution in [0.2, 0.25) is 0 Å². The van der Waals surface area contributed by atoms with Crippen LogP contribution in [-0.4, -0.2) is 21.0 Å². The van der Waals surface area contributed by atoms with Crippen molar-refractivity contribution in [3.63, 3.8) is 0 Å². The molecule has 0 radical (unpaired) electrons. The summed E-state index contributed by atoms with van der Waals surface area (Å²) in [6, 6.07) is 7.45. The van der Waals surface area contributed by atoms with Gasteiger partial charge in [-0.3, -0.25) is 4.79 Å². The fourth-order valence-corrected chi connectivity index (χ4v) is 2.24. The third-order valence-electron chi connectivity index (χ3n) is 3.33. The Labute approximate surface area is 121 Å². The van der Waals surface area contributed by atoms with Crippen LogP contribution in [-0.2, 0) is 5.54 Å². The molecule has 21 heavy (non-hydrogen) atoms. The molecule has 0 unspecified atom stereocenters. The van der Waals surface area contributed by atoms with Crippen LogP contribution in [0.4, 0.5) is 0 Å². The molecule has 0 fully saturated rings. The summed E-state index contributed by atoms with van der Waals surface area (Å²) in [5, 5.41) is 7.58. The predicted molar refractivity (Wildman–Crippen MR) is 77.8 cm³/mol. The zero-order valence-electron chi connectivity index (χ0n) is 12.1. The second-order valence-corrected chi connectivity index (χ2v) is 5.47. The van der Waals surface area contributed by atoms with Crippen molar-refractivity contribution in [2.45, 2.75) is 26.3 Å². The lowest BCUT2D eigenvalue weighted by Crippen LogP contribution is -2.41. The highest BCUT2D eigenvalue weighted by Crippen LogP contribution is 2.21. The van der Waals surface area contributed by atoms with E-state index in [4.69, 9.17) is 4.52 Å². The van der Waals surface area contributed by atoms with E-state index in [2.05, 4.69) is 20.4 Å². The number of nitrogens with one attached hydrogen (secondary N) is 2. The van der Waals surface area contributed by atoms with Gasteiger partial charge in [0.05, 0.1) is 0 Å². The van der Waals surface area contributed by atoms with Gasteiger partial charge < -0.3 is 14.8 Å². The number of benzene rings is 1. The first-order valence-electron chi connectivity index (χ1n) is 6.67. The number of fused-ring (bicyclic) bond motifs is 1. The van der Waals surface area contributed by atoms with Crippen LogP contribution in [0, 0.1) is 6.92 Å². The SMILES string of the molecule is Cc1noc(C(C)(C)NC(=O)c2cccc3[nH]ccc23)n1. The van der Waals surface area contributed by atoms with Crippen molar-refractivity contribution in [3.8, 4) is 0 Å². The van der Waals surface area contributed by atoms with Crippen LogP contribution in [0.5, 0.6) is 0 Å². The quantitative estimate of drug-likeness (QED) is 0.774. The maximum absolute atomic E-state index is 12.5. The van der Waals surface area contributed by atoms with Gasteiger partial charge in [-0.15, -0.1) is 0 Å². The molecule has 0 spiro atoms. The van der Waals surface area contributed by atoms with Gasteiger partial charge in [0.15, 0.2) is 5.82 Å². The number of aryl methyl sites for hydroxylation is 1. The second-order valence-electron chi connectivity index (χ2n) is 5.47. The Bertz CT molecular complexity index is 801. The zero-order valence-corrected chi connectivity index (χ0v) is 12.1. The summed E-state index contributed by atoms with van der Waals surface area (Å²) in [6.45, 7) is 5.40. The van der Waals surface area contributed by atoms with Gasteiger partial charge in [0.25, 0.3) is 11.8 Å². The largest absolute Gasteiger partial charge is 0.361 e. The number of nitrogens with zero attached hydrogens (tertiary/aromatic N) is 2. The van der Waals surface area contributed by atoms with E-state index >= 15 is 0 Å². The molecule has 2 aromatic heterocycles. The monoisotopic (exact) mass is 284 g/mol. The van der Waals surface area contributed by atoms with E-state index in [1.807, 2.05) is 38.2 Å². The molecule has 0 aliphatic heterocycles. The minimum atomic E-state index is -0.739. The lowest BCUT2D eigenvalue weighted by atomic mass is 10.0. The summed E-state index contributed by atoms with van der Waals surface area (Å²) in [6.07, 6.45) is 1.81. The molecule has 2 N–H and O–H groups in total. The summed E-state index contributed by atoms with van der Waals surface area (Å²) in [5.74, 6) is 0.746. The van der Waals surface area contributed by atoms with E-state index < -0.39 is 5.54 Å². The summed E-state index contributed by atoms with van der Waals surface area (Å²) in [4.78, 5) is 19.8. The number of carbonyl (C=O) groups excluding carboxylic acids is 1. The highest BCUT2D eigenvalue weighted by molar-refractivity contribution is 6.06. The molecule has 2 heterocycles. The van der Waals surface area contributed by atoms with Crippen LogP contribution in [0.25, 0.3) is 10.9 Å². The first kappa shape index (κ1) is 13.4. The first-order chi connectivity index (χ1) is 9.97. The van der Waals surface area contributed by atoms with Crippen LogP contribution < -0.4 is 5.32 Å². The van der Waals surface area contributed by atoms with Crippen molar-refractivity contribution >= 4 is 16.8 Å². The Morgan fingerprint density at radius 3 is 2.86 bits per heavy atom. The lowest BCUT2D eigenvalue weighted by molar-refractivity contribution is 0.0896. The first-order valence-corrected chi connectivity index (χ1v) is 6.67. The third kappa shape index (κ3) is 2.40. The highest BCUT2D eigenvalue weighted by Gasteiger charge is 2.30. The van der Waals surface area contributed by atoms with Gasteiger partial charge in [-0.05, 0) is 39.0 Å². The molecule has 0 aliphatic carbocycles. The predicted octanol–water partition coefficient (Wildman–Crippen LogP) is 2.52. The van der Waals surface area contributed by atoms with Crippen LogP contribution in [0.15, 0.2) is 35.0 Å². The molecule has 108 valence electrons. The summed E-state index contributed by atoms with van der Waals surface area (Å²) in [7, 11) is 0. The fourth-order valence-electron chi connectivity index (χ4n) is 2.24. The van der Waals surface area contributed by atoms with E-state index in [9.17, 15) is 4.79 Å². The Morgan fingerprint density at radius 2 is 2.14 bits per heavy atom. The van der Waals surface area contributed by atoms with Gasteiger partial charge in [-0.2, -0.15) is 4.98 Å². The van der Waals surface area contributed by atoms with Gasteiger partial charge in [0.2, 0.25) is 0 Å². The Hall–Kier alpha value is -2.63. The van der Waals surface area contributed by atoms with E-state index in [1.54, 1.807) is 13.0 Å². The molecule has 1 aromatic carbocycles. The van der Waals surface area contributed by atoms with Gasteiger partial charge >= 0.3 is 0 Å². The van der Waals surface area contributed by atoms with Crippen molar-refractivity contribution in [1.82, 2.24) is 20.4 Å². The van der Waals surface area contributed by atoms with Crippen LogP contribution >= 0.6 is 0 Å². The van der Waals surface area contributed by atoms with E-state index in [0.29, 0.717) is 17.3 Å². The lowest BCUT2D eigenvalue weighted by Gasteiger charge is -2.22. The maximum Gasteiger partial charge on any atom is 0.252 e. The highest BCUT2D eigenvalue weighted by atomic mass is 16.5. The normalized spacial score (nSPS) is 11.8. The van der Waals surface area contributed by atoms with E-state index in [1.165, 1.54) is 0 Å². The minimum Gasteiger partial charge on any atom is -0.361 e. The fraction of sp³-hybridized carbons (Fsp3) is 0.267.